The number of carbonyl (C=O) groups excluding carboxylic acids is 2. The van der Waals surface area contributed by atoms with Gasteiger partial charge in [0.2, 0.25) is 5.91 Å². The largest absolute Gasteiger partial charge is 0.468 e. The van der Waals surface area contributed by atoms with Crippen molar-refractivity contribution in [3.63, 3.8) is 0 Å². The lowest BCUT2D eigenvalue weighted by molar-refractivity contribution is -0.146. The normalized spacial score (nSPS) is 12.4. The lowest BCUT2D eigenvalue weighted by Crippen LogP contribution is -2.44. The van der Waals surface area contributed by atoms with Gasteiger partial charge < -0.3 is 15.4 Å². The Kier molecular flexibility index (Phi) is 5.93. The monoisotopic (exact) mass is 216 g/mol. The first-order chi connectivity index (χ1) is 6.88. The van der Waals surface area contributed by atoms with Gasteiger partial charge in [0.05, 0.1) is 13.2 Å². The number of nitrogens with two attached hydrogens (primary N) is 1. The van der Waals surface area contributed by atoms with E-state index in [9.17, 15) is 9.59 Å². The van der Waals surface area contributed by atoms with Crippen molar-refractivity contribution in [1.29, 1.82) is 0 Å². The molecule has 0 aromatic rings. The van der Waals surface area contributed by atoms with Gasteiger partial charge in [-0.25, -0.2) is 0 Å². The highest BCUT2D eigenvalue weighted by Gasteiger charge is 2.20. The molecule has 88 valence electrons. The zero-order chi connectivity index (χ0) is 12.0. The summed E-state index contributed by atoms with van der Waals surface area (Å²) < 4.78 is 4.46. The summed E-state index contributed by atoms with van der Waals surface area (Å²) in [4.78, 5) is 23.8. The molecule has 5 nitrogen and oxygen atoms in total. The van der Waals surface area contributed by atoms with Crippen LogP contribution in [-0.2, 0) is 14.3 Å². The highest BCUT2D eigenvalue weighted by molar-refractivity contribution is 5.85. The van der Waals surface area contributed by atoms with Crippen molar-refractivity contribution in [3.8, 4) is 0 Å². The summed E-state index contributed by atoms with van der Waals surface area (Å²) >= 11 is 0. The summed E-state index contributed by atoms with van der Waals surface area (Å²) in [6.45, 7) is 3.93. The van der Waals surface area contributed by atoms with E-state index in [2.05, 4.69) is 4.74 Å². The van der Waals surface area contributed by atoms with Gasteiger partial charge in [-0.15, -0.1) is 0 Å². The maximum absolute atomic E-state index is 11.6. The van der Waals surface area contributed by atoms with Crippen molar-refractivity contribution in [2.45, 2.75) is 26.3 Å². The summed E-state index contributed by atoms with van der Waals surface area (Å²) in [5.41, 5.74) is 5.69. The molecule has 0 bridgehead atoms. The molecule has 1 atom stereocenters. The summed E-state index contributed by atoms with van der Waals surface area (Å²) in [6.07, 6.45) is 0.615. The lowest BCUT2D eigenvalue weighted by atomic mass is 10.0. The highest BCUT2D eigenvalue weighted by atomic mass is 16.5. The van der Waals surface area contributed by atoms with Crippen LogP contribution in [0.4, 0.5) is 0 Å². The van der Waals surface area contributed by atoms with Gasteiger partial charge >= 0.3 is 5.97 Å². The molecule has 0 fully saturated rings. The first kappa shape index (κ1) is 13.9. The zero-order valence-corrected chi connectivity index (χ0v) is 9.82. The van der Waals surface area contributed by atoms with E-state index in [-0.39, 0.29) is 12.5 Å². The third-order valence-electron chi connectivity index (χ3n) is 2.01. The van der Waals surface area contributed by atoms with Crippen LogP contribution in [0.25, 0.3) is 0 Å². The van der Waals surface area contributed by atoms with Crippen LogP contribution in [0, 0.1) is 5.92 Å². The van der Waals surface area contributed by atoms with Crippen molar-refractivity contribution >= 4 is 11.9 Å². The summed E-state index contributed by atoms with van der Waals surface area (Å²) in [5, 5.41) is 0. The number of hydrogen-bond donors (Lipinski definition) is 1. The van der Waals surface area contributed by atoms with Crippen LogP contribution in [-0.4, -0.2) is 43.5 Å². The van der Waals surface area contributed by atoms with Gasteiger partial charge in [-0.1, -0.05) is 13.8 Å². The molecular weight excluding hydrogens is 196 g/mol. The minimum absolute atomic E-state index is 0.0544. The molecule has 0 rings (SSSR count). The SMILES string of the molecule is COC(=O)CN(C)C(=O)C(N)CC(C)C. The van der Waals surface area contributed by atoms with Crippen LogP contribution in [0.2, 0.25) is 0 Å². The summed E-state index contributed by atoms with van der Waals surface area (Å²) in [7, 11) is 2.83. The number of methoxy groups -OCH3 is 1. The van der Waals surface area contributed by atoms with Gasteiger partial charge in [-0.3, -0.25) is 9.59 Å². The van der Waals surface area contributed by atoms with Crippen LogP contribution in [0.15, 0.2) is 0 Å². The Balaban J connectivity index is 4.13. The Morgan fingerprint density at radius 2 is 1.93 bits per heavy atom. The van der Waals surface area contributed by atoms with Crippen molar-refractivity contribution in [2.75, 3.05) is 20.7 Å². The highest BCUT2D eigenvalue weighted by Crippen LogP contribution is 2.04. The second-order valence-electron chi connectivity index (χ2n) is 4.01. The van der Waals surface area contributed by atoms with E-state index in [1.165, 1.54) is 12.0 Å². The van der Waals surface area contributed by atoms with E-state index in [4.69, 9.17) is 5.73 Å². The standard InChI is InChI=1S/C10H20N2O3/c1-7(2)5-8(11)10(14)12(3)6-9(13)15-4/h7-8H,5-6,11H2,1-4H3. The first-order valence-corrected chi connectivity index (χ1v) is 4.95. The predicted octanol–water partition coefficient (Wildman–Crippen LogP) is -0.00880. The van der Waals surface area contributed by atoms with Crippen LogP contribution < -0.4 is 5.73 Å². The summed E-state index contributed by atoms with van der Waals surface area (Å²) in [6, 6.07) is -0.542. The molecule has 2 N–H and O–H groups in total. The first-order valence-electron chi connectivity index (χ1n) is 4.95. The number of amides is 1. The van der Waals surface area contributed by atoms with Crippen molar-refractivity contribution in [1.82, 2.24) is 4.90 Å². The van der Waals surface area contributed by atoms with Gasteiger partial charge in [-0.2, -0.15) is 0 Å². The van der Waals surface area contributed by atoms with E-state index < -0.39 is 12.0 Å². The average molecular weight is 216 g/mol. The fourth-order valence-corrected chi connectivity index (χ4v) is 1.23. The number of nitrogens with zero attached hydrogens (tertiary/aromatic N) is 1. The van der Waals surface area contributed by atoms with E-state index in [1.807, 2.05) is 13.8 Å². The fourth-order valence-electron chi connectivity index (χ4n) is 1.23. The van der Waals surface area contributed by atoms with Gasteiger partial charge in [0.15, 0.2) is 0 Å². The molecule has 15 heavy (non-hydrogen) atoms. The fraction of sp³-hybridized carbons (Fsp3) is 0.800. The molecule has 0 aliphatic carbocycles. The lowest BCUT2D eigenvalue weighted by Gasteiger charge is -2.21. The summed E-state index contributed by atoms with van der Waals surface area (Å²) in [5.74, 6) is -0.313. The molecule has 1 amide bonds. The Bertz CT molecular complexity index is 229. The van der Waals surface area contributed by atoms with Gasteiger partial charge in [-0.05, 0) is 12.3 Å². The average Bonchev–Trinajstić information content (AvgIpc) is 2.15. The Labute approximate surface area is 90.6 Å². The quantitative estimate of drug-likeness (QED) is 0.656. The molecule has 5 heteroatoms. The van der Waals surface area contributed by atoms with E-state index >= 15 is 0 Å². The molecule has 0 aliphatic rings. The number of carbonyl (C=O) groups is 2. The minimum Gasteiger partial charge on any atom is -0.468 e. The number of rotatable bonds is 5. The van der Waals surface area contributed by atoms with Crippen LogP contribution >= 0.6 is 0 Å². The van der Waals surface area contributed by atoms with Crippen LogP contribution in [0.1, 0.15) is 20.3 Å². The van der Waals surface area contributed by atoms with Gasteiger partial charge in [0.25, 0.3) is 0 Å². The second kappa shape index (κ2) is 6.40. The minimum atomic E-state index is -0.542. The Hall–Kier alpha value is -1.10. The molecule has 0 radical (unpaired) electrons. The Morgan fingerprint density at radius 3 is 2.33 bits per heavy atom. The maximum Gasteiger partial charge on any atom is 0.325 e. The maximum atomic E-state index is 11.6. The third-order valence-corrected chi connectivity index (χ3v) is 2.01. The van der Waals surface area contributed by atoms with Crippen LogP contribution in [0.3, 0.4) is 0 Å². The zero-order valence-electron chi connectivity index (χ0n) is 9.82. The molecular formula is C10H20N2O3. The molecule has 1 unspecified atom stereocenters. The molecule has 0 aromatic heterocycles. The molecule has 0 heterocycles. The number of likely N-dealkylation sites (N-methyl/N-ethyl adjacent to an activating group) is 1. The van der Waals surface area contributed by atoms with E-state index in [0.29, 0.717) is 12.3 Å². The molecule has 0 aromatic carbocycles. The van der Waals surface area contributed by atoms with Crippen molar-refractivity contribution < 1.29 is 14.3 Å². The van der Waals surface area contributed by atoms with Crippen LogP contribution in [0.5, 0.6) is 0 Å². The van der Waals surface area contributed by atoms with E-state index in [0.717, 1.165) is 0 Å². The smallest absolute Gasteiger partial charge is 0.325 e. The van der Waals surface area contributed by atoms with Gasteiger partial charge in [0.1, 0.15) is 6.54 Å². The third kappa shape index (κ3) is 5.37. The molecule has 0 saturated heterocycles. The topological polar surface area (TPSA) is 72.6 Å². The van der Waals surface area contributed by atoms with Crippen molar-refractivity contribution in [3.05, 3.63) is 0 Å². The molecule has 0 spiro atoms. The predicted molar refractivity (Wildman–Crippen MR) is 57.1 cm³/mol. The number of esters is 1. The number of hydrogen-bond acceptors (Lipinski definition) is 4. The molecule has 0 saturated carbocycles. The van der Waals surface area contributed by atoms with Crippen molar-refractivity contribution in [2.24, 2.45) is 11.7 Å². The molecule has 0 aliphatic heterocycles. The van der Waals surface area contributed by atoms with E-state index in [1.54, 1.807) is 7.05 Å². The number of ether oxygens (including phenoxy) is 1. The van der Waals surface area contributed by atoms with Gasteiger partial charge in [0, 0.05) is 7.05 Å². The second-order valence-corrected chi connectivity index (χ2v) is 4.01. The Morgan fingerprint density at radius 1 is 1.40 bits per heavy atom.